The second kappa shape index (κ2) is 3.74. The Bertz CT molecular complexity index is 546. The number of methoxy groups -OCH3 is 1. The van der Waals surface area contributed by atoms with Crippen molar-refractivity contribution in [2.45, 2.75) is 6.54 Å². The fraction of sp³-hybridized carbons (Fsp3) is 0.182. The van der Waals surface area contributed by atoms with Crippen LogP contribution in [-0.4, -0.2) is 11.5 Å². The van der Waals surface area contributed by atoms with E-state index in [9.17, 15) is 4.79 Å². The summed E-state index contributed by atoms with van der Waals surface area (Å²) in [6.45, 7) is 0.400. The normalized spacial score (nSPS) is 10.5. The van der Waals surface area contributed by atoms with Gasteiger partial charge in [-0.1, -0.05) is 6.07 Å². The predicted octanol–water partition coefficient (Wildman–Crippen LogP) is 0.767. The minimum Gasteiger partial charge on any atom is -0.497 e. The fourth-order valence-electron chi connectivity index (χ4n) is 1.56. The topological polar surface area (TPSA) is 56.7 Å². The van der Waals surface area contributed by atoms with Crippen molar-refractivity contribution in [2.75, 3.05) is 7.11 Å². The second-order valence-corrected chi connectivity index (χ2v) is 3.22. The van der Waals surface area contributed by atoms with Gasteiger partial charge in [0.25, 0.3) is 5.56 Å². The molecule has 0 saturated heterocycles. The number of aromatic nitrogens is 1. The quantitative estimate of drug-likeness (QED) is 0.786. The smallest absolute Gasteiger partial charge is 0.255 e. The molecule has 2 aromatic heterocycles. The van der Waals surface area contributed by atoms with Gasteiger partial charge in [0.2, 0.25) is 0 Å². The van der Waals surface area contributed by atoms with Crippen LogP contribution in [0.3, 0.4) is 0 Å². The highest BCUT2D eigenvalue weighted by Gasteiger charge is 2.02. The van der Waals surface area contributed by atoms with Gasteiger partial charge in [-0.05, 0) is 11.6 Å². The Balaban J connectivity index is 2.83. The Kier molecular flexibility index (Phi) is 2.43. The van der Waals surface area contributed by atoms with E-state index in [0.717, 1.165) is 16.8 Å². The molecule has 0 aromatic carbocycles. The molecule has 0 amide bonds. The van der Waals surface area contributed by atoms with Crippen LogP contribution in [0.15, 0.2) is 35.3 Å². The molecule has 78 valence electrons. The summed E-state index contributed by atoms with van der Waals surface area (Å²) in [6.07, 6.45) is 1.69. The van der Waals surface area contributed by atoms with Crippen molar-refractivity contribution in [3.63, 3.8) is 0 Å². The third-order valence-corrected chi connectivity index (χ3v) is 2.38. The molecule has 2 N–H and O–H groups in total. The Morgan fingerprint density at radius 3 is 2.87 bits per heavy atom. The van der Waals surface area contributed by atoms with E-state index >= 15 is 0 Å². The van der Waals surface area contributed by atoms with E-state index in [1.54, 1.807) is 29.8 Å². The van der Waals surface area contributed by atoms with E-state index < -0.39 is 0 Å². The maximum absolute atomic E-state index is 11.5. The minimum absolute atomic E-state index is 0.0650. The lowest BCUT2D eigenvalue weighted by Gasteiger charge is -2.07. The summed E-state index contributed by atoms with van der Waals surface area (Å²) in [5.41, 5.74) is 7.26. The molecule has 0 saturated carbocycles. The van der Waals surface area contributed by atoms with Gasteiger partial charge in [-0.3, -0.25) is 9.20 Å². The molecular weight excluding hydrogens is 192 g/mol. The van der Waals surface area contributed by atoms with Crippen LogP contribution in [0.5, 0.6) is 5.75 Å². The average Bonchev–Trinajstić information content (AvgIpc) is 2.29. The zero-order chi connectivity index (χ0) is 10.8. The first kappa shape index (κ1) is 9.73. The van der Waals surface area contributed by atoms with Crippen molar-refractivity contribution in [1.29, 1.82) is 0 Å². The van der Waals surface area contributed by atoms with Crippen LogP contribution < -0.4 is 16.0 Å². The number of hydrogen-bond donors (Lipinski definition) is 1. The van der Waals surface area contributed by atoms with Gasteiger partial charge in [-0.25, -0.2) is 0 Å². The molecule has 0 unspecified atom stereocenters. The van der Waals surface area contributed by atoms with Crippen LogP contribution in [-0.2, 0) is 6.54 Å². The third kappa shape index (κ3) is 1.59. The Morgan fingerprint density at radius 1 is 1.40 bits per heavy atom. The molecule has 0 spiro atoms. The first-order valence-electron chi connectivity index (χ1n) is 4.64. The Labute approximate surface area is 86.9 Å². The van der Waals surface area contributed by atoms with E-state index in [4.69, 9.17) is 10.5 Å². The highest BCUT2D eigenvalue weighted by molar-refractivity contribution is 5.57. The van der Waals surface area contributed by atoms with Crippen LogP contribution in [0.1, 0.15) is 5.56 Å². The lowest BCUT2D eigenvalue weighted by Crippen LogP contribution is -2.14. The average molecular weight is 204 g/mol. The third-order valence-electron chi connectivity index (χ3n) is 2.38. The molecule has 0 aliphatic carbocycles. The van der Waals surface area contributed by atoms with Crippen molar-refractivity contribution in [3.05, 3.63) is 46.4 Å². The van der Waals surface area contributed by atoms with Crippen molar-refractivity contribution < 1.29 is 4.74 Å². The number of ether oxygens (including phenoxy) is 1. The predicted molar refractivity (Wildman–Crippen MR) is 58.1 cm³/mol. The summed E-state index contributed by atoms with van der Waals surface area (Å²) < 4.78 is 6.67. The van der Waals surface area contributed by atoms with E-state index in [1.807, 2.05) is 6.07 Å². The summed E-state index contributed by atoms with van der Waals surface area (Å²) in [4.78, 5) is 11.5. The molecule has 2 heterocycles. The maximum Gasteiger partial charge on any atom is 0.255 e. The highest BCUT2D eigenvalue weighted by Crippen LogP contribution is 2.15. The highest BCUT2D eigenvalue weighted by atomic mass is 16.5. The summed E-state index contributed by atoms with van der Waals surface area (Å²) in [7, 11) is 1.59. The summed E-state index contributed by atoms with van der Waals surface area (Å²) in [5.74, 6) is 0.718. The number of nitrogens with zero attached hydrogens (tertiary/aromatic N) is 1. The molecular formula is C11H12N2O2. The van der Waals surface area contributed by atoms with Crippen LogP contribution in [0, 0.1) is 0 Å². The molecule has 0 fully saturated rings. The monoisotopic (exact) mass is 204 g/mol. The lowest BCUT2D eigenvalue weighted by molar-refractivity contribution is 0.414. The molecule has 2 rings (SSSR count). The lowest BCUT2D eigenvalue weighted by atomic mass is 10.2. The van der Waals surface area contributed by atoms with E-state index in [2.05, 4.69) is 0 Å². The standard InChI is InChI=1S/C11H12N2O2/c1-15-9-4-5-13-10(6-9)8(7-12)2-3-11(13)14/h2-6H,7,12H2,1H3. The van der Waals surface area contributed by atoms with Crippen molar-refractivity contribution >= 4 is 5.52 Å². The molecule has 4 nitrogen and oxygen atoms in total. The Morgan fingerprint density at radius 2 is 2.20 bits per heavy atom. The van der Waals surface area contributed by atoms with Crippen molar-refractivity contribution in [3.8, 4) is 5.75 Å². The summed E-state index contributed by atoms with van der Waals surface area (Å²) in [5, 5.41) is 0. The number of nitrogens with two attached hydrogens (primary N) is 1. The molecule has 0 radical (unpaired) electrons. The first-order chi connectivity index (χ1) is 7.26. The minimum atomic E-state index is -0.0650. The zero-order valence-corrected chi connectivity index (χ0v) is 8.43. The van der Waals surface area contributed by atoms with Crippen LogP contribution in [0.4, 0.5) is 0 Å². The maximum atomic E-state index is 11.5. The van der Waals surface area contributed by atoms with Crippen molar-refractivity contribution in [1.82, 2.24) is 4.40 Å². The van der Waals surface area contributed by atoms with Gasteiger partial charge in [-0.15, -0.1) is 0 Å². The van der Waals surface area contributed by atoms with Gasteiger partial charge in [0.05, 0.1) is 12.6 Å². The molecule has 2 aromatic rings. The van der Waals surface area contributed by atoms with Gasteiger partial charge in [-0.2, -0.15) is 0 Å². The van der Waals surface area contributed by atoms with Crippen LogP contribution in [0.2, 0.25) is 0 Å². The molecule has 0 aliphatic heterocycles. The SMILES string of the molecule is COc1ccn2c(=O)ccc(CN)c2c1. The van der Waals surface area contributed by atoms with Gasteiger partial charge >= 0.3 is 0 Å². The molecule has 4 heteroatoms. The van der Waals surface area contributed by atoms with Gasteiger partial charge in [0.15, 0.2) is 0 Å². The van der Waals surface area contributed by atoms with Gasteiger partial charge in [0, 0.05) is 24.9 Å². The van der Waals surface area contributed by atoms with Crippen LogP contribution in [0.25, 0.3) is 5.52 Å². The molecule has 15 heavy (non-hydrogen) atoms. The fourth-order valence-corrected chi connectivity index (χ4v) is 1.56. The van der Waals surface area contributed by atoms with E-state index in [0.29, 0.717) is 6.54 Å². The number of rotatable bonds is 2. The molecule has 0 atom stereocenters. The zero-order valence-electron chi connectivity index (χ0n) is 8.43. The number of pyridine rings is 2. The second-order valence-electron chi connectivity index (χ2n) is 3.22. The Hall–Kier alpha value is -1.81. The summed E-state index contributed by atoms with van der Waals surface area (Å²) >= 11 is 0. The summed E-state index contributed by atoms with van der Waals surface area (Å²) in [6, 6.07) is 6.82. The van der Waals surface area contributed by atoms with E-state index in [-0.39, 0.29) is 5.56 Å². The first-order valence-corrected chi connectivity index (χ1v) is 4.64. The van der Waals surface area contributed by atoms with E-state index in [1.165, 1.54) is 6.07 Å². The molecule has 0 bridgehead atoms. The van der Waals surface area contributed by atoms with Gasteiger partial charge in [0.1, 0.15) is 5.75 Å². The van der Waals surface area contributed by atoms with Gasteiger partial charge < -0.3 is 10.5 Å². The van der Waals surface area contributed by atoms with Crippen LogP contribution >= 0.6 is 0 Å². The number of fused-ring (bicyclic) bond motifs is 1. The molecule has 0 aliphatic rings. The van der Waals surface area contributed by atoms with Crippen molar-refractivity contribution in [2.24, 2.45) is 5.73 Å². The largest absolute Gasteiger partial charge is 0.497 e. The number of hydrogen-bond acceptors (Lipinski definition) is 3.